The van der Waals surface area contributed by atoms with Crippen molar-refractivity contribution in [2.24, 2.45) is 0 Å². The Labute approximate surface area is 149 Å². The summed E-state index contributed by atoms with van der Waals surface area (Å²) in [6, 6.07) is 10.1. The Bertz CT molecular complexity index is 933. The van der Waals surface area contributed by atoms with Gasteiger partial charge >= 0.3 is 0 Å². The van der Waals surface area contributed by atoms with Crippen LogP contribution in [0, 0.1) is 13.8 Å². The number of carbonyl (C=O) groups excluding carboxylic acids is 1. The van der Waals surface area contributed by atoms with Crippen molar-refractivity contribution in [3.63, 3.8) is 0 Å². The molecular weight excluding hydrogens is 310 g/mol. The molecule has 3 heteroatoms. The van der Waals surface area contributed by atoms with Crippen molar-refractivity contribution in [2.45, 2.75) is 33.1 Å². The number of rotatable bonds is 3. The Balaban J connectivity index is 2.09. The highest BCUT2D eigenvalue weighted by molar-refractivity contribution is 6.05. The van der Waals surface area contributed by atoms with Gasteiger partial charge in [0.05, 0.1) is 5.41 Å². The fraction of sp³-hybridized carbons (Fsp3) is 0.273. The maximum Gasteiger partial charge on any atom is 0.209 e. The lowest BCUT2D eigenvalue weighted by molar-refractivity contribution is -0.401. The Hall–Kier alpha value is -2.68. The number of phenols is 1. The molecule has 0 saturated heterocycles. The second-order valence-corrected chi connectivity index (χ2v) is 7.19. The first-order valence-electron chi connectivity index (χ1n) is 8.46. The van der Waals surface area contributed by atoms with E-state index >= 15 is 0 Å². The van der Waals surface area contributed by atoms with Crippen LogP contribution in [0.15, 0.2) is 36.4 Å². The lowest BCUT2D eigenvalue weighted by Crippen LogP contribution is -2.26. The predicted molar refractivity (Wildman–Crippen MR) is 102 cm³/mol. The van der Waals surface area contributed by atoms with Gasteiger partial charge in [-0.3, -0.25) is 4.79 Å². The lowest BCUT2D eigenvalue weighted by Gasteiger charge is -2.15. The van der Waals surface area contributed by atoms with Gasteiger partial charge in [-0.1, -0.05) is 18.2 Å². The summed E-state index contributed by atoms with van der Waals surface area (Å²) in [5.41, 5.74) is 6.36. The van der Waals surface area contributed by atoms with E-state index in [0.29, 0.717) is 11.1 Å². The van der Waals surface area contributed by atoms with Gasteiger partial charge in [-0.25, -0.2) is 0 Å². The van der Waals surface area contributed by atoms with E-state index in [1.54, 1.807) is 6.07 Å². The molecule has 0 aromatic heterocycles. The Morgan fingerprint density at radius 2 is 1.72 bits per heavy atom. The van der Waals surface area contributed by atoms with Crippen LogP contribution in [0.3, 0.4) is 0 Å². The van der Waals surface area contributed by atoms with Crippen molar-refractivity contribution in [3.05, 3.63) is 64.2 Å². The van der Waals surface area contributed by atoms with Crippen molar-refractivity contribution in [1.29, 1.82) is 0 Å². The number of hydrogen-bond donors (Lipinski definition) is 1. The minimum absolute atomic E-state index is 0.120. The van der Waals surface area contributed by atoms with Crippen LogP contribution in [-0.2, 0) is 5.41 Å². The summed E-state index contributed by atoms with van der Waals surface area (Å²) in [4.78, 5) is 11.3. The summed E-state index contributed by atoms with van der Waals surface area (Å²) in [6.45, 7) is 8.09. The van der Waals surface area contributed by atoms with Crippen LogP contribution in [0.2, 0.25) is 0 Å². The normalized spacial score (nSPS) is 15.7. The molecule has 0 bridgehead atoms. The van der Waals surface area contributed by atoms with E-state index in [2.05, 4.69) is 43.7 Å². The highest BCUT2D eigenvalue weighted by atomic mass is 16.3. The Morgan fingerprint density at radius 3 is 2.36 bits per heavy atom. The van der Waals surface area contributed by atoms with Crippen molar-refractivity contribution in [2.75, 3.05) is 7.05 Å². The van der Waals surface area contributed by atoms with Gasteiger partial charge in [-0.15, -0.1) is 0 Å². The van der Waals surface area contributed by atoms with Crippen molar-refractivity contribution in [3.8, 4) is 5.75 Å². The molecule has 1 N–H and O–H groups in total. The maximum absolute atomic E-state index is 11.3. The molecular formula is C22H24NO2+. The number of fused-ring (bicyclic) bond motifs is 1. The summed E-state index contributed by atoms with van der Waals surface area (Å²) in [7, 11) is 2.06. The quantitative estimate of drug-likeness (QED) is 0.661. The average Bonchev–Trinajstić information content (AvgIpc) is 2.79. The van der Waals surface area contributed by atoms with E-state index < -0.39 is 0 Å². The number of allylic oxidation sites excluding steroid dienone is 1. The topological polar surface area (TPSA) is 40.3 Å². The van der Waals surface area contributed by atoms with Gasteiger partial charge in [0.2, 0.25) is 5.69 Å². The zero-order chi connectivity index (χ0) is 18.4. The van der Waals surface area contributed by atoms with Crippen LogP contribution >= 0.6 is 0 Å². The van der Waals surface area contributed by atoms with Gasteiger partial charge in [-0.2, -0.15) is 4.58 Å². The summed E-state index contributed by atoms with van der Waals surface area (Å²) in [5.74, 6) is 0.232. The van der Waals surface area contributed by atoms with Gasteiger partial charge in [-0.05, 0) is 51.0 Å². The minimum Gasteiger partial charge on any atom is -0.507 e. The first-order chi connectivity index (χ1) is 11.8. The van der Waals surface area contributed by atoms with Crippen LogP contribution in [0.4, 0.5) is 5.69 Å². The molecule has 0 atom stereocenters. The predicted octanol–water partition coefficient (Wildman–Crippen LogP) is 4.54. The second-order valence-electron chi connectivity index (χ2n) is 7.19. The average molecular weight is 334 g/mol. The zero-order valence-corrected chi connectivity index (χ0v) is 15.4. The molecule has 0 spiro atoms. The zero-order valence-electron chi connectivity index (χ0n) is 15.4. The molecule has 0 saturated carbocycles. The third-order valence-corrected chi connectivity index (χ3v) is 5.42. The van der Waals surface area contributed by atoms with Crippen LogP contribution in [-0.4, -0.2) is 28.7 Å². The number of carbonyl (C=O) groups is 1. The SMILES string of the molecule is Cc1c(C=O)cc(/C=C/C2=[N+](C)c3ccccc3C2(C)C)c(O)c1C. The third kappa shape index (κ3) is 2.60. The maximum atomic E-state index is 11.3. The number of aldehydes is 1. The fourth-order valence-corrected chi connectivity index (χ4v) is 3.67. The number of hydrogen-bond acceptors (Lipinski definition) is 2. The van der Waals surface area contributed by atoms with Gasteiger partial charge < -0.3 is 5.11 Å². The van der Waals surface area contributed by atoms with E-state index in [1.807, 2.05) is 32.1 Å². The van der Waals surface area contributed by atoms with E-state index in [9.17, 15) is 9.90 Å². The minimum atomic E-state index is -0.120. The molecule has 0 fully saturated rings. The van der Waals surface area contributed by atoms with Crippen molar-refractivity contribution in [1.82, 2.24) is 0 Å². The molecule has 1 heterocycles. The molecule has 0 aliphatic carbocycles. The first kappa shape index (κ1) is 17.2. The molecule has 25 heavy (non-hydrogen) atoms. The smallest absolute Gasteiger partial charge is 0.209 e. The standard InChI is InChI=1S/C22H23NO2/c1-14-15(2)21(25)16(12-17(14)13-24)10-11-20-22(3,4)18-8-6-7-9-19(18)23(20)5/h6-13H,1-5H3/p+1. The highest BCUT2D eigenvalue weighted by Crippen LogP contribution is 2.39. The van der Waals surface area contributed by atoms with E-state index in [-0.39, 0.29) is 11.2 Å². The summed E-state index contributed by atoms with van der Waals surface area (Å²) < 4.78 is 2.19. The van der Waals surface area contributed by atoms with Gasteiger partial charge in [0.15, 0.2) is 5.71 Å². The molecule has 128 valence electrons. The Kier molecular flexibility index (Phi) is 4.11. The number of phenolic OH excluding ortho intramolecular Hbond substituents is 1. The summed E-state index contributed by atoms with van der Waals surface area (Å²) >= 11 is 0. The summed E-state index contributed by atoms with van der Waals surface area (Å²) in [6.07, 6.45) is 4.78. The summed E-state index contributed by atoms with van der Waals surface area (Å²) in [5, 5.41) is 10.5. The number of benzene rings is 2. The first-order valence-corrected chi connectivity index (χ1v) is 8.46. The number of aromatic hydroxyl groups is 1. The molecule has 0 amide bonds. The van der Waals surface area contributed by atoms with Crippen molar-refractivity contribution < 1.29 is 14.5 Å². The number of para-hydroxylation sites is 1. The van der Waals surface area contributed by atoms with Crippen LogP contribution in [0.1, 0.15) is 46.5 Å². The van der Waals surface area contributed by atoms with Crippen molar-refractivity contribution >= 4 is 23.8 Å². The fourth-order valence-electron chi connectivity index (χ4n) is 3.67. The third-order valence-electron chi connectivity index (χ3n) is 5.42. The van der Waals surface area contributed by atoms with E-state index in [1.165, 1.54) is 11.3 Å². The molecule has 2 aromatic carbocycles. The Morgan fingerprint density at radius 1 is 1.04 bits per heavy atom. The molecule has 1 aliphatic rings. The molecule has 0 radical (unpaired) electrons. The highest BCUT2D eigenvalue weighted by Gasteiger charge is 2.42. The van der Waals surface area contributed by atoms with E-state index in [4.69, 9.17) is 0 Å². The monoisotopic (exact) mass is 334 g/mol. The van der Waals surface area contributed by atoms with Crippen LogP contribution < -0.4 is 0 Å². The molecule has 3 rings (SSSR count). The lowest BCUT2D eigenvalue weighted by atomic mass is 9.81. The molecule has 1 aliphatic heterocycles. The van der Waals surface area contributed by atoms with Gasteiger partial charge in [0.25, 0.3) is 0 Å². The van der Waals surface area contributed by atoms with Crippen LogP contribution in [0.25, 0.3) is 6.08 Å². The van der Waals surface area contributed by atoms with Crippen LogP contribution in [0.5, 0.6) is 5.75 Å². The largest absolute Gasteiger partial charge is 0.507 e. The number of nitrogens with zero attached hydrogens (tertiary/aromatic N) is 1. The second kappa shape index (κ2) is 5.99. The van der Waals surface area contributed by atoms with Gasteiger partial charge in [0, 0.05) is 28.8 Å². The van der Waals surface area contributed by atoms with E-state index in [0.717, 1.165) is 23.1 Å². The van der Waals surface area contributed by atoms with Gasteiger partial charge in [0.1, 0.15) is 19.1 Å². The molecule has 0 unspecified atom stereocenters. The molecule has 3 nitrogen and oxygen atoms in total. The molecule has 2 aromatic rings.